The second kappa shape index (κ2) is 7.83. The molecular formula is C16H12Cl2N2O4S. The summed E-state index contributed by atoms with van der Waals surface area (Å²) >= 11 is 12.8. The molecule has 0 aromatic heterocycles. The van der Waals surface area contributed by atoms with Gasteiger partial charge in [-0.3, -0.25) is 0 Å². The lowest BCUT2D eigenvalue weighted by Gasteiger charge is -2.26. The van der Waals surface area contributed by atoms with Crippen LogP contribution in [0.4, 0.5) is 0 Å². The zero-order valence-electron chi connectivity index (χ0n) is 13.1. The Morgan fingerprint density at radius 2 is 1.84 bits per heavy atom. The molecule has 0 aliphatic carbocycles. The van der Waals surface area contributed by atoms with Gasteiger partial charge in [0.15, 0.2) is 0 Å². The van der Waals surface area contributed by atoms with Gasteiger partial charge in [-0.15, -0.1) is 0 Å². The van der Waals surface area contributed by atoms with Crippen molar-refractivity contribution in [2.75, 3.05) is 14.2 Å². The average molecular weight is 399 g/mol. The highest BCUT2D eigenvalue weighted by molar-refractivity contribution is 8.07. The lowest BCUT2D eigenvalue weighted by atomic mass is 9.84. The van der Waals surface area contributed by atoms with Crippen LogP contribution in [0.2, 0.25) is 10.0 Å². The molecule has 1 unspecified atom stereocenters. The van der Waals surface area contributed by atoms with Crippen molar-refractivity contribution in [3.05, 3.63) is 54.9 Å². The third kappa shape index (κ3) is 3.61. The van der Waals surface area contributed by atoms with Crippen LogP contribution < -0.4 is 5.73 Å². The van der Waals surface area contributed by atoms with E-state index in [4.69, 9.17) is 38.4 Å². The van der Waals surface area contributed by atoms with Crippen LogP contribution in [0.1, 0.15) is 11.5 Å². The fourth-order valence-electron chi connectivity index (χ4n) is 2.35. The number of carbonyl (C=O) groups is 2. The summed E-state index contributed by atoms with van der Waals surface area (Å²) in [5, 5.41) is 10.2. The Morgan fingerprint density at radius 3 is 2.36 bits per heavy atom. The summed E-state index contributed by atoms with van der Waals surface area (Å²) in [6.45, 7) is 0. The highest BCUT2D eigenvalue weighted by Gasteiger charge is 2.39. The third-order valence-electron chi connectivity index (χ3n) is 3.47. The minimum absolute atomic E-state index is 0.0384. The quantitative estimate of drug-likeness (QED) is 0.779. The van der Waals surface area contributed by atoms with E-state index in [1.54, 1.807) is 6.07 Å². The van der Waals surface area contributed by atoms with Crippen molar-refractivity contribution < 1.29 is 19.1 Å². The standard InChI is InChI=1S/C16H12Cl2N2O4S/c1-23-15(21)12-11(7-3-4-9(17)10(18)5-7)8(6-19)14(20)25-13(12)16(22)24-2/h3-5,11H,20H2,1-2H3. The molecule has 2 N–H and O–H groups in total. The second-order valence-corrected chi connectivity index (χ2v) is 6.69. The number of hydrogen-bond donors (Lipinski definition) is 1. The first-order valence-electron chi connectivity index (χ1n) is 6.79. The second-order valence-electron chi connectivity index (χ2n) is 4.82. The van der Waals surface area contributed by atoms with Crippen molar-refractivity contribution in [3.8, 4) is 6.07 Å². The molecule has 1 aromatic carbocycles. The zero-order chi connectivity index (χ0) is 18.7. The number of methoxy groups -OCH3 is 2. The number of benzene rings is 1. The van der Waals surface area contributed by atoms with Crippen LogP contribution in [0, 0.1) is 11.3 Å². The lowest BCUT2D eigenvalue weighted by molar-refractivity contribution is -0.139. The molecule has 0 saturated carbocycles. The Bertz CT molecular complexity index is 858. The summed E-state index contributed by atoms with van der Waals surface area (Å²) in [7, 11) is 2.35. The zero-order valence-corrected chi connectivity index (χ0v) is 15.5. The molecule has 0 spiro atoms. The van der Waals surface area contributed by atoms with Gasteiger partial charge in [0.2, 0.25) is 0 Å². The van der Waals surface area contributed by atoms with Gasteiger partial charge in [0.1, 0.15) is 4.91 Å². The molecule has 1 aliphatic heterocycles. The number of carbonyl (C=O) groups excluding carboxylic acids is 2. The molecule has 0 amide bonds. The van der Waals surface area contributed by atoms with Gasteiger partial charge < -0.3 is 15.2 Å². The maximum absolute atomic E-state index is 12.4. The molecule has 0 radical (unpaired) electrons. The first kappa shape index (κ1) is 19.2. The Hall–Kier alpha value is -2.14. The maximum atomic E-state index is 12.4. The van der Waals surface area contributed by atoms with E-state index in [1.165, 1.54) is 26.4 Å². The number of rotatable bonds is 3. The van der Waals surface area contributed by atoms with Gasteiger partial charge in [0.25, 0.3) is 0 Å². The molecule has 1 aliphatic rings. The number of nitrogens with zero attached hydrogens (tertiary/aromatic N) is 1. The normalized spacial score (nSPS) is 17.2. The van der Waals surface area contributed by atoms with Crippen LogP contribution in [0.3, 0.4) is 0 Å². The van der Waals surface area contributed by atoms with Gasteiger partial charge in [-0.05, 0) is 17.7 Å². The average Bonchev–Trinajstić information content (AvgIpc) is 2.61. The fraction of sp³-hybridized carbons (Fsp3) is 0.188. The van der Waals surface area contributed by atoms with E-state index >= 15 is 0 Å². The molecule has 0 bridgehead atoms. The van der Waals surface area contributed by atoms with Crippen molar-refractivity contribution >= 4 is 46.9 Å². The topological polar surface area (TPSA) is 102 Å². The van der Waals surface area contributed by atoms with Crippen LogP contribution in [0.5, 0.6) is 0 Å². The highest BCUT2D eigenvalue weighted by Crippen LogP contribution is 2.46. The number of nitriles is 1. The third-order valence-corrected chi connectivity index (χ3v) is 5.24. The van der Waals surface area contributed by atoms with E-state index in [0.29, 0.717) is 10.6 Å². The Balaban J connectivity index is 2.78. The Kier molecular flexibility index (Phi) is 6.01. The number of ether oxygens (including phenoxy) is 2. The summed E-state index contributed by atoms with van der Waals surface area (Å²) in [6, 6.07) is 6.61. The fourth-order valence-corrected chi connectivity index (χ4v) is 3.63. The van der Waals surface area contributed by atoms with Gasteiger partial charge in [-0.25, -0.2) is 9.59 Å². The molecule has 1 atom stereocenters. The minimum Gasteiger partial charge on any atom is -0.466 e. The van der Waals surface area contributed by atoms with Crippen molar-refractivity contribution in [3.63, 3.8) is 0 Å². The summed E-state index contributed by atoms with van der Waals surface area (Å²) in [4.78, 5) is 24.4. The molecule has 9 heteroatoms. The molecule has 130 valence electrons. The van der Waals surface area contributed by atoms with Crippen molar-refractivity contribution in [1.82, 2.24) is 0 Å². The molecule has 1 aromatic rings. The number of esters is 2. The van der Waals surface area contributed by atoms with Crippen LogP contribution >= 0.6 is 35.0 Å². The molecule has 0 saturated heterocycles. The van der Waals surface area contributed by atoms with Crippen molar-refractivity contribution in [2.24, 2.45) is 5.73 Å². The monoisotopic (exact) mass is 398 g/mol. The highest BCUT2D eigenvalue weighted by atomic mass is 35.5. The van der Waals surface area contributed by atoms with E-state index in [1.807, 2.05) is 6.07 Å². The SMILES string of the molecule is COC(=O)C1=C(C(=O)OC)C(c2ccc(Cl)c(Cl)c2)C(C#N)=C(N)S1. The molecule has 2 rings (SSSR count). The largest absolute Gasteiger partial charge is 0.466 e. The molecule has 1 heterocycles. The van der Waals surface area contributed by atoms with Crippen LogP contribution in [-0.4, -0.2) is 26.2 Å². The number of hydrogen-bond acceptors (Lipinski definition) is 7. The van der Waals surface area contributed by atoms with Gasteiger partial charge in [-0.1, -0.05) is 41.0 Å². The molecule has 25 heavy (non-hydrogen) atoms. The van der Waals surface area contributed by atoms with E-state index in [0.717, 1.165) is 11.8 Å². The minimum atomic E-state index is -0.928. The van der Waals surface area contributed by atoms with Gasteiger partial charge in [0.05, 0.1) is 52.4 Å². The van der Waals surface area contributed by atoms with Crippen LogP contribution in [0.15, 0.2) is 39.3 Å². The van der Waals surface area contributed by atoms with Gasteiger partial charge >= 0.3 is 11.9 Å². The van der Waals surface area contributed by atoms with Crippen molar-refractivity contribution in [2.45, 2.75) is 5.92 Å². The first-order chi connectivity index (χ1) is 11.8. The Labute approximate surface area is 158 Å². The first-order valence-corrected chi connectivity index (χ1v) is 8.36. The number of thioether (sulfide) groups is 1. The summed E-state index contributed by atoms with van der Waals surface area (Å²) < 4.78 is 9.52. The van der Waals surface area contributed by atoms with E-state index < -0.39 is 17.9 Å². The number of allylic oxidation sites excluding steroid dienone is 1. The van der Waals surface area contributed by atoms with Crippen LogP contribution in [-0.2, 0) is 19.1 Å². The summed E-state index contributed by atoms with van der Waals surface area (Å²) in [5.41, 5.74) is 6.48. The van der Waals surface area contributed by atoms with Gasteiger partial charge in [-0.2, -0.15) is 5.26 Å². The van der Waals surface area contributed by atoms with E-state index in [9.17, 15) is 14.9 Å². The molecular weight excluding hydrogens is 387 g/mol. The smallest absolute Gasteiger partial charge is 0.345 e. The van der Waals surface area contributed by atoms with E-state index in [2.05, 4.69) is 0 Å². The molecule has 0 fully saturated rings. The molecule has 6 nitrogen and oxygen atoms in total. The lowest BCUT2D eigenvalue weighted by Crippen LogP contribution is -2.25. The van der Waals surface area contributed by atoms with E-state index in [-0.39, 0.29) is 26.1 Å². The summed E-state index contributed by atoms with van der Waals surface area (Å²) in [6.07, 6.45) is 0. The maximum Gasteiger partial charge on any atom is 0.345 e. The summed E-state index contributed by atoms with van der Waals surface area (Å²) in [5.74, 6) is -2.46. The van der Waals surface area contributed by atoms with Crippen molar-refractivity contribution in [1.29, 1.82) is 5.26 Å². The predicted octanol–water partition coefficient (Wildman–Crippen LogP) is 3.12. The van der Waals surface area contributed by atoms with Gasteiger partial charge in [0, 0.05) is 0 Å². The Morgan fingerprint density at radius 1 is 1.20 bits per heavy atom. The van der Waals surface area contributed by atoms with Crippen LogP contribution in [0.25, 0.3) is 0 Å². The number of nitrogens with two attached hydrogens (primary N) is 1. The number of halogens is 2. The predicted molar refractivity (Wildman–Crippen MR) is 94.7 cm³/mol.